The number of rotatable bonds is 9. The molecule has 0 radical (unpaired) electrons. The standard InChI is InChI=1S/C25H31FN2O2S/c1-16(2)10-12-28(13-11-17(3)4)25(29)18-6-9-21-23(14-18)31-24(27-21)20-8-7-19(26)15-22(20)30-5/h6-9,14-17H,10-13H2,1-5H3. The molecule has 0 N–H and O–H groups in total. The van der Waals surface area contributed by atoms with E-state index in [0.29, 0.717) is 23.1 Å². The van der Waals surface area contributed by atoms with Crippen molar-refractivity contribution in [2.24, 2.45) is 11.8 Å². The molecule has 0 aliphatic carbocycles. The predicted molar refractivity (Wildman–Crippen MR) is 126 cm³/mol. The Morgan fingerprint density at radius 3 is 2.35 bits per heavy atom. The molecule has 0 aliphatic rings. The minimum Gasteiger partial charge on any atom is -0.496 e. The smallest absolute Gasteiger partial charge is 0.253 e. The van der Waals surface area contributed by atoms with Crippen LogP contribution in [0.1, 0.15) is 50.9 Å². The number of carbonyl (C=O) groups is 1. The summed E-state index contributed by atoms with van der Waals surface area (Å²) in [6.45, 7) is 10.3. The minimum atomic E-state index is -0.350. The topological polar surface area (TPSA) is 42.4 Å². The lowest BCUT2D eigenvalue weighted by Crippen LogP contribution is -2.34. The highest BCUT2D eigenvalue weighted by Gasteiger charge is 2.19. The fourth-order valence-corrected chi connectivity index (χ4v) is 4.38. The van der Waals surface area contributed by atoms with Gasteiger partial charge in [0, 0.05) is 24.7 Å². The normalized spacial score (nSPS) is 11.5. The predicted octanol–water partition coefficient (Wildman–Crippen LogP) is 6.65. The molecule has 0 atom stereocenters. The number of amides is 1. The second-order valence-electron chi connectivity index (χ2n) is 8.70. The molecule has 0 aliphatic heterocycles. The molecular weight excluding hydrogens is 411 g/mol. The molecule has 0 saturated carbocycles. The van der Waals surface area contributed by atoms with Gasteiger partial charge in [0.05, 0.1) is 22.9 Å². The Labute approximate surface area is 188 Å². The van der Waals surface area contributed by atoms with Gasteiger partial charge in [-0.05, 0) is 55.0 Å². The van der Waals surface area contributed by atoms with Crippen LogP contribution in [0.2, 0.25) is 0 Å². The Bertz CT molecular complexity index is 1030. The zero-order chi connectivity index (χ0) is 22.5. The van der Waals surface area contributed by atoms with E-state index in [4.69, 9.17) is 4.74 Å². The van der Waals surface area contributed by atoms with Crippen molar-refractivity contribution in [1.82, 2.24) is 9.88 Å². The molecule has 3 rings (SSSR count). The molecule has 4 nitrogen and oxygen atoms in total. The fraction of sp³-hybridized carbons (Fsp3) is 0.440. The van der Waals surface area contributed by atoms with E-state index in [0.717, 1.165) is 46.7 Å². The van der Waals surface area contributed by atoms with Crippen LogP contribution in [0, 0.1) is 17.7 Å². The lowest BCUT2D eigenvalue weighted by atomic mass is 10.1. The van der Waals surface area contributed by atoms with Crippen molar-refractivity contribution in [3.05, 3.63) is 47.8 Å². The largest absolute Gasteiger partial charge is 0.496 e. The SMILES string of the molecule is COc1cc(F)ccc1-c1nc2ccc(C(=O)N(CCC(C)C)CCC(C)C)cc2s1. The van der Waals surface area contributed by atoms with Crippen LogP contribution < -0.4 is 4.74 Å². The van der Waals surface area contributed by atoms with Crippen molar-refractivity contribution in [2.75, 3.05) is 20.2 Å². The van der Waals surface area contributed by atoms with Gasteiger partial charge >= 0.3 is 0 Å². The fourth-order valence-electron chi connectivity index (χ4n) is 3.34. The second kappa shape index (κ2) is 10.2. The van der Waals surface area contributed by atoms with Crippen molar-refractivity contribution in [2.45, 2.75) is 40.5 Å². The summed E-state index contributed by atoms with van der Waals surface area (Å²) in [6.07, 6.45) is 1.97. The first-order chi connectivity index (χ1) is 14.8. The minimum absolute atomic E-state index is 0.0671. The molecule has 1 aromatic heterocycles. The van der Waals surface area contributed by atoms with Crippen molar-refractivity contribution < 1.29 is 13.9 Å². The monoisotopic (exact) mass is 442 g/mol. The third kappa shape index (κ3) is 5.82. The number of carbonyl (C=O) groups excluding carboxylic acids is 1. The average Bonchev–Trinajstić information content (AvgIpc) is 3.15. The van der Waals surface area contributed by atoms with E-state index < -0.39 is 0 Å². The highest BCUT2D eigenvalue weighted by Crippen LogP contribution is 2.36. The van der Waals surface area contributed by atoms with E-state index in [2.05, 4.69) is 32.7 Å². The number of fused-ring (bicyclic) bond motifs is 1. The maximum atomic E-state index is 13.6. The van der Waals surface area contributed by atoms with E-state index in [1.54, 1.807) is 6.07 Å². The first-order valence-electron chi connectivity index (χ1n) is 10.8. The Hall–Kier alpha value is -2.47. The molecule has 0 fully saturated rings. The number of halogens is 1. The van der Waals surface area contributed by atoms with Gasteiger partial charge in [0.25, 0.3) is 5.91 Å². The van der Waals surface area contributed by atoms with Crippen LogP contribution >= 0.6 is 11.3 Å². The zero-order valence-electron chi connectivity index (χ0n) is 18.9. The number of hydrogen-bond donors (Lipinski definition) is 0. The Balaban J connectivity index is 1.89. The number of methoxy groups -OCH3 is 1. The molecule has 1 heterocycles. The van der Waals surface area contributed by atoms with E-state index >= 15 is 0 Å². The molecule has 3 aromatic rings. The van der Waals surface area contributed by atoms with Gasteiger partial charge in [0.15, 0.2) is 0 Å². The summed E-state index contributed by atoms with van der Waals surface area (Å²) in [6, 6.07) is 10.1. The van der Waals surface area contributed by atoms with Crippen LogP contribution in [0.3, 0.4) is 0 Å². The number of ether oxygens (including phenoxy) is 1. The number of thiazole rings is 1. The second-order valence-corrected chi connectivity index (χ2v) is 9.73. The van der Waals surface area contributed by atoms with Crippen LogP contribution in [0.5, 0.6) is 5.75 Å². The van der Waals surface area contributed by atoms with E-state index in [1.807, 2.05) is 23.1 Å². The molecular formula is C25H31FN2O2S. The maximum Gasteiger partial charge on any atom is 0.253 e. The molecule has 0 spiro atoms. The Morgan fingerprint density at radius 2 is 1.74 bits per heavy atom. The van der Waals surface area contributed by atoms with Gasteiger partial charge in [-0.1, -0.05) is 27.7 Å². The quantitative estimate of drug-likeness (QED) is 0.373. The van der Waals surface area contributed by atoms with Gasteiger partial charge in [-0.2, -0.15) is 0 Å². The van der Waals surface area contributed by atoms with E-state index in [1.165, 1.54) is 30.6 Å². The summed E-state index contributed by atoms with van der Waals surface area (Å²) >= 11 is 1.48. The summed E-state index contributed by atoms with van der Waals surface area (Å²) in [5.41, 5.74) is 2.24. The lowest BCUT2D eigenvalue weighted by Gasteiger charge is -2.24. The number of benzene rings is 2. The van der Waals surface area contributed by atoms with E-state index in [9.17, 15) is 9.18 Å². The van der Waals surface area contributed by atoms with Gasteiger partial charge in [0.1, 0.15) is 16.6 Å². The van der Waals surface area contributed by atoms with Gasteiger partial charge in [-0.15, -0.1) is 11.3 Å². The van der Waals surface area contributed by atoms with E-state index in [-0.39, 0.29) is 11.7 Å². The summed E-state index contributed by atoms with van der Waals surface area (Å²) in [7, 11) is 1.52. The van der Waals surface area contributed by atoms with Crippen molar-refractivity contribution in [3.8, 4) is 16.3 Å². The first-order valence-corrected chi connectivity index (χ1v) is 11.6. The summed E-state index contributed by atoms with van der Waals surface area (Å²) in [4.78, 5) is 19.9. The third-order valence-corrected chi connectivity index (χ3v) is 6.32. The Kier molecular flexibility index (Phi) is 7.65. The van der Waals surface area contributed by atoms with Gasteiger partial charge in [-0.25, -0.2) is 9.37 Å². The van der Waals surface area contributed by atoms with Gasteiger partial charge in [0.2, 0.25) is 0 Å². The highest BCUT2D eigenvalue weighted by atomic mass is 32.1. The number of aromatic nitrogens is 1. The lowest BCUT2D eigenvalue weighted by molar-refractivity contribution is 0.0741. The molecule has 0 unspecified atom stereocenters. The molecule has 2 aromatic carbocycles. The van der Waals surface area contributed by atoms with Crippen LogP contribution in [-0.2, 0) is 0 Å². The molecule has 166 valence electrons. The average molecular weight is 443 g/mol. The summed E-state index contributed by atoms with van der Waals surface area (Å²) in [5.74, 6) is 1.26. The molecule has 31 heavy (non-hydrogen) atoms. The van der Waals surface area contributed by atoms with Crippen molar-refractivity contribution in [1.29, 1.82) is 0 Å². The highest BCUT2D eigenvalue weighted by molar-refractivity contribution is 7.21. The number of nitrogens with zero attached hydrogens (tertiary/aromatic N) is 2. The first kappa shape index (κ1) is 23.2. The van der Waals surface area contributed by atoms with Crippen molar-refractivity contribution in [3.63, 3.8) is 0 Å². The van der Waals surface area contributed by atoms with Crippen LogP contribution in [0.25, 0.3) is 20.8 Å². The summed E-state index contributed by atoms with van der Waals surface area (Å²) in [5, 5.41) is 0.743. The maximum absolute atomic E-state index is 13.6. The Morgan fingerprint density at radius 1 is 1.06 bits per heavy atom. The van der Waals surface area contributed by atoms with Crippen molar-refractivity contribution >= 4 is 27.5 Å². The molecule has 0 saturated heterocycles. The molecule has 6 heteroatoms. The third-order valence-electron chi connectivity index (χ3n) is 5.27. The van der Waals surface area contributed by atoms with Crippen LogP contribution in [0.4, 0.5) is 4.39 Å². The summed E-state index contributed by atoms with van der Waals surface area (Å²) < 4.78 is 19.8. The zero-order valence-corrected chi connectivity index (χ0v) is 19.8. The van der Waals surface area contributed by atoms with Gasteiger partial charge in [-0.3, -0.25) is 4.79 Å². The van der Waals surface area contributed by atoms with Crippen LogP contribution in [0.15, 0.2) is 36.4 Å². The number of hydrogen-bond acceptors (Lipinski definition) is 4. The van der Waals surface area contributed by atoms with Crippen LogP contribution in [-0.4, -0.2) is 36.0 Å². The van der Waals surface area contributed by atoms with Gasteiger partial charge < -0.3 is 9.64 Å². The molecule has 1 amide bonds. The molecule has 0 bridgehead atoms.